The van der Waals surface area contributed by atoms with Gasteiger partial charge < -0.3 is 9.84 Å². The Morgan fingerprint density at radius 2 is 2.17 bits per heavy atom. The zero-order chi connectivity index (χ0) is 8.93. The summed E-state index contributed by atoms with van der Waals surface area (Å²) in [6.45, 7) is 3.79. The fourth-order valence-electron chi connectivity index (χ4n) is 1.95. The van der Waals surface area contributed by atoms with E-state index >= 15 is 0 Å². The van der Waals surface area contributed by atoms with Crippen LogP contribution in [0.5, 0.6) is 0 Å². The fraction of sp³-hybridized carbons (Fsp3) is 0.778. The minimum atomic E-state index is -0.664. The first-order valence-electron chi connectivity index (χ1n) is 4.24. The van der Waals surface area contributed by atoms with E-state index in [2.05, 4.69) is 0 Å². The second-order valence-corrected chi connectivity index (χ2v) is 4.68. The van der Waals surface area contributed by atoms with Crippen LogP contribution < -0.4 is 0 Å². The highest BCUT2D eigenvalue weighted by atomic mass is 35.5. The molecule has 0 amide bonds. The van der Waals surface area contributed by atoms with Crippen molar-refractivity contribution in [3.63, 3.8) is 0 Å². The van der Waals surface area contributed by atoms with Crippen molar-refractivity contribution in [2.75, 3.05) is 0 Å². The third kappa shape index (κ3) is 0.951. The topological polar surface area (TPSA) is 29.5 Å². The third-order valence-corrected chi connectivity index (χ3v) is 3.37. The van der Waals surface area contributed by atoms with Gasteiger partial charge in [-0.2, -0.15) is 0 Å². The monoisotopic (exact) mass is 188 g/mol. The van der Waals surface area contributed by atoms with E-state index in [-0.39, 0.29) is 18.1 Å². The van der Waals surface area contributed by atoms with Gasteiger partial charge in [-0.3, -0.25) is 0 Å². The maximum absolute atomic E-state index is 9.83. The Morgan fingerprint density at radius 3 is 2.83 bits per heavy atom. The molecule has 68 valence electrons. The van der Waals surface area contributed by atoms with E-state index in [9.17, 15) is 5.11 Å². The van der Waals surface area contributed by atoms with Crippen molar-refractivity contribution < 1.29 is 9.84 Å². The average molecular weight is 189 g/mol. The van der Waals surface area contributed by atoms with Gasteiger partial charge in [0.1, 0.15) is 0 Å². The number of aliphatic hydroxyl groups is 1. The molecular formula is C9H13ClO2. The van der Waals surface area contributed by atoms with Crippen LogP contribution in [0, 0.1) is 5.92 Å². The molecule has 1 N–H and O–H groups in total. The SMILES string of the molecule is C[C@@H]1[C@@H]2C=C[C@@H](O2)[C@](C)(Cl)[C@@H]1O. The summed E-state index contributed by atoms with van der Waals surface area (Å²) < 4.78 is 5.59. The van der Waals surface area contributed by atoms with Crippen LogP contribution in [0.1, 0.15) is 13.8 Å². The molecular weight excluding hydrogens is 176 g/mol. The Labute approximate surface area is 77.2 Å². The average Bonchev–Trinajstić information content (AvgIpc) is 2.46. The van der Waals surface area contributed by atoms with Crippen LogP contribution >= 0.6 is 11.6 Å². The molecule has 2 nitrogen and oxygen atoms in total. The van der Waals surface area contributed by atoms with E-state index < -0.39 is 11.0 Å². The smallest absolute Gasteiger partial charge is 0.0979 e. The second kappa shape index (κ2) is 2.47. The molecule has 2 heterocycles. The molecule has 12 heavy (non-hydrogen) atoms. The summed E-state index contributed by atoms with van der Waals surface area (Å²) in [7, 11) is 0. The molecule has 2 bridgehead atoms. The quantitative estimate of drug-likeness (QED) is 0.459. The Kier molecular flexibility index (Phi) is 1.76. The van der Waals surface area contributed by atoms with Crippen LogP contribution in [0.15, 0.2) is 12.2 Å². The lowest BCUT2D eigenvalue weighted by molar-refractivity contribution is -0.104. The van der Waals surface area contributed by atoms with E-state index in [4.69, 9.17) is 16.3 Å². The maximum atomic E-state index is 9.83. The number of alkyl halides is 1. The van der Waals surface area contributed by atoms with Gasteiger partial charge in [0.2, 0.25) is 0 Å². The van der Waals surface area contributed by atoms with Gasteiger partial charge in [-0.1, -0.05) is 19.1 Å². The molecule has 1 saturated heterocycles. The first kappa shape index (κ1) is 8.54. The predicted molar refractivity (Wildman–Crippen MR) is 47.2 cm³/mol. The van der Waals surface area contributed by atoms with Crippen LogP contribution in [-0.2, 0) is 4.74 Å². The maximum Gasteiger partial charge on any atom is 0.0979 e. The van der Waals surface area contributed by atoms with Crippen LogP contribution in [0.2, 0.25) is 0 Å². The lowest BCUT2D eigenvalue weighted by Crippen LogP contribution is -2.54. The molecule has 0 unspecified atom stereocenters. The number of rotatable bonds is 0. The molecule has 2 aliphatic heterocycles. The Morgan fingerprint density at radius 1 is 1.50 bits per heavy atom. The first-order chi connectivity index (χ1) is 5.53. The molecule has 3 heteroatoms. The van der Waals surface area contributed by atoms with Gasteiger partial charge in [-0.05, 0) is 6.92 Å². The summed E-state index contributed by atoms with van der Waals surface area (Å²) in [5.41, 5.74) is 0. The molecule has 2 aliphatic rings. The van der Waals surface area contributed by atoms with E-state index in [0.29, 0.717) is 0 Å². The highest BCUT2D eigenvalue weighted by molar-refractivity contribution is 6.24. The Hall–Kier alpha value is -0.0500. The van der Waals surface area contributed by atoms with Crippen molar-refractivity contribution >= 4 is 11.6 Å². The number of hydrogen-bond donors (Lipinski definition) is 1. The zero-order valence-electron chi connectivity index (χ0n) is 7.20. The van der Waals surface area contributed by atoms with Gasteiger partial charge in [0, 0.05) is 5.92 Å². The van der Waals surface area contributed by atoms with Crippen molar-refractivity contribution in [3.8, 4) is 0 Å². The van der Waals surface area contributed by atoms with Gasteiger partial charge in [-0.25, -0.2) is 0 Å². The van der Waals surface area contributed by atoms with E-state index in [1.54, 1.807) is 0 Å². The number of ether oxygens (including phenoxy) is 1. The molecule has 0 saturated carbocycles. The van der Waals surface area contributed by atoms with Crippen molar-refractivity contribution in [1.29, 1.82) is 0 Å². The summed E-state index contributed by atoms with van der Waals surface area (Å²) in [4.78, 5) is -0.664. The molecule has 2 rings (SSSR count). The van der Waals surface area contributed by atoms with Gasteiger partial charge >= 0.3 is 0 Å². The van der Waals surface area contributed by atoms with Crippen LogP contribution in [0.4, 0.5) is 0 Å². The molecule has 0 aliphatic carbocycles. The molecule has 0 radical (unpaired) electrons. The standard InChI is InChI=1S/C9H13ClO2/c1-5-6-3-4-7(12-6)9(2,10)8(5)11/h3-8,11H,1-2H3/t5-,6+,7-,8-,9+/m1/s1. The first-order valence-corrected chi connectivity index (χ1v) is 4.62. The van der Waals surface area contributed by atoms with Crippen molar-refractivity contribution in [3.05, 3.63) is 12.2 Å². The number of halogens is 1. The second-order valence-electron chi connectivity index (χ2n) is 3.86. The largest absolute Gasteiger partial charge is 0.391 e. The summed E-state index contributed by atoms with van der Waals surface area (Å²) in [6.07, 6.45) is 3.38. The van der Waals surface area contributed by atoms with Gasteiger partial charge in [0.15, 0.2) is 0 Å². The van der Waals surface area contributed by atoms with E-state index in [1.165, 1.54) is 0 Å². The Bertz CT molecular complexity index is 225. The minimum Gasteiger partial charge on any atom is -0.391 e. The van der Waals surface area contributed by atoms with Gasteiger partial charge in [-0.15, -0.1) is 11.6 Å². The predicted octanol–water partition coefficient (Wildman–Crippen LogP) is 1.32. The van der Waals surface area contributed by atoms with E-state index in [1.807, 2.05) is 26.0 Å². The van der Waals surface area contributed by atoms with Crippen molar-refractivity contribution in [2.45, 2.75) is 37.0 Å². The highest BCUT2D eigenvalue weighted by Crippen LogP contribution is 2.42. The molecule has 5 atom stereocenters. The third-order valence-electron chi connectivity index (χ3n) is 2.93. The summed E-state index contributed by atoms with van der Waals surface area (Å²) in [5, 5.41) is 9.83. The highest BCUT2D eigenvalue weighted by Gasteiger charge is 2.51. The van der Waals surface area contributed by atoms with Gasteiger partial charge in [0.05, 0.1) is 23.2 Å². The van der Waals surface area contributed by atoms with Crippen LogP contribution in [0.3, 0.4) is 0 Å². The lowest BCUT2D eigenvalue weighted by Gasteiger charge is -2.42. The van der Waals surface area contributed by atoms with Gasteiger partial charge in [0.25, 0.3) is 0 Å². The van der Waals surface area contributed by atoms with Crippen LogP contribution in [0.25, 0.3) is 0 Å². The summed E-state index contributed by atoms with van der Waals surface area (Å²) >= 11 is 6.18. The number of fused-ring (bicyclic) bond motifs is 2. The lowest BCUT2D eigenvalue weighted by atomic mass is 9.85. The van der Waals surface area contributed by atoms with Crippen molar-refractivity contribution in [1.82, 2.24) is 0 Å². The summed E-state index contributed by atoms with van der Waals surface area (Å²) in [5.74, 6) is 0.0856. The molecule has 0 aromatic carbocycles. The molecule has 0 aromatic heterocycles. The van der Waals surface area contributed by atoms with Crippen LogP contribution in [-0.4, -0.2) is 28.3 Å². The van der Waals surface area contributed by atoms with E-state index in [0.717, 1.165) is 0 Å². The molecule has 0 spiro atoms. The molecule has 0 aromatic rings. The number of aliphatic hydroxyl groups excluding tert-OH is 1. The Balaban J connectivity index is 2.32. The van der Waals surface area contributed by atoms with Crippen molar-refractivity contribution in [2.24, 2.45) is 5.92 Å². The zero-order valence-corrected chi connectivity index (χ0v) is 7.95. The number of hydrogen-bond acceptors (Lipinski definition) is 2. The minimum absolute atomic E-state index is 0.0526. The fourth-order valence-corrected chi connectivity index (χ4v) is 2.28. The summed E-state index contributed by atoms with van der Waals surface area (Å²) in [6, 6.07) is 0. The molecule has 1 fully saturated rings. The normalized spacial score (nSPS) is 57.7.